The summed E-state index contributed by atoms with van der Waals surface area (Å²) in [7, 11) is 0. The second kappa shape index (κ2) is 7.74. The minimum absolute atomic E-state index is 0.00919. The zero-order valence-corrected chi connectivity index (χ0v) is 14.2. The first-order valence-corrected chi connectivity index (χ1v) is 8.34. The number of aliphatic carboxylic acids is 1. The van der Waals surface area contributed by atoms with E-state index in [0.717, 1.165) is 10.2 Å². The van der Waals surface area contributed by atoms with Crippen LogP contribution in [0.5, 0.6) is 0 Å². The van der Waals surface area contributed by atoms with Gasteiger partial charge >= 0.3 is 5.97 Å². The van der Waals surface area contributed by atoms with Gasteiger partial charge in [0.05, 0.1) is 5.69 Å². The van der Waals surface area contributed by atoms with Crippen molar-refractivity contribution in [3.05, 3.63) is 28.7 Å². The summed E-state index contributed by atoms with van der Waals surface area (Å²) in [6.07, 6.45) is 1.98. The Hall–Kier alpha value is -1.40. The molecule has 0 radical (unpaired) electrons. The molecule has 0 saturated carbocycles. The lowest BCUT2D eigenvalue weighted by Crippen LogP contribution is -2.46. The van der Waals surface area contributed by atoms with Crippen molar-refractivity contribution in [1.29, 1.82) is 0 Å². The molecule has 1 heterocycles. The number of hydrogen-bond acceptors (Lipinski definition) is 3. The first kappa shape index (κ1) is 17.0. The Labute approximate surface area is 138 Å². The SMILES string of the molecule is CCC(C(=O)O)N1CCC(C(=O)Nc2ccccc2Br)CC1. The van der Waals surface area contributed by atoms with Crippen molar-refractivity contribution in [2.24, 2.45) is 5.92 Å². The number of halogens is 1. The summed E-state index contributed by atoms with van der Waals surface area (Å²) in [4.78, 5) is 25.5. The fourth-order valence-electron chi connectivity index (χ4n) is 2.86. The standard InChI is InChI=1S/C16H21BrN2O3/c1-2-14(16(21)22)19-9-7-11(8-10-19)15(20)18-13-6-4-3-5-12(13)17/h3-6,11,14H,2,7-10H2,1H3,(H,18,20)(H,21,22). The van der Waals surface area contributed by atoms with Crippen LogP contribution in [-0.4, -0.2) is 41.0 Å². The largest absolute Gasteiger partial charge is 0.480 e. The Kier molecular flexibility index (Phi) is 5.97. The van der Waals surface area contributed by atoms with Crippen LogP contribution >= 0.6 is 15.9 Å². The third-order valence-corrected chi connectivity index (χ3v) is 4.84. The van der Waals surface area contributed by atoms with Gasteiger partial charge in [-0.25, -0.2) is 0 Å². The minimum Gasteiger partial charge on any atom is -0.480 e. The number of nitrogens with zero attached hydrogens (tertiary/aromatic N) is 1. The Morgan fingerprint density at radius 1 is 1.36 bits per heavy atom. The molecule has 1 aliphatic rings. The summed E-state index contributed by atoms with van der Waals surface area (Å²) in [6, 6.07) is 7.08. The molecule has 0 bridgehead atoms. The third kappa shape index (κ3) is 4.08. The molecule has 1 aliphatic heterocycles. The van der Waals surface area contributed by atoms with Crippen molar-refractivity contribution in [2.75, 3.05) is 18.4 Å². The topological polar surface area (TPSA) is 69.6 Å². The van der Waals surface area contributed by atoms with Crippen LogP contribution in [0.2, 0.25) is 0 Å². The molecule has 0 spiro atoms. The van der Waals surface area contributed by atoms with Crippen LogP contribution in [0.3, 0.4) is 0 Å². The summed E-state index contributed by atoms with van der Waals surface area (Å²) in [6.45, 7) is 3.18. The van der Waals surface area contributed by atoms with Crippen molar-refractivity contribution in [1.82, 2.24) is 4.90 Å². The van der Waals surface area contributed by atoms with Crippen LogP contribution in [0.1, 0.15) is 26.2 Å². The van der Waals surface area contributed by atoms with Gasteiger partial charge in [0.25, 0.3) is 0 Å². The second-order valence-electron chi connectivity index (χ2n) is 5.54. The number of rotatable bonds is 5. The molecule has 0 aliphatic carbocycles. The number of nitrogens with one attached hydrogen (secondary N) is 1. The van der Waals surface area contributed by atoms with Gasteiger partial charge in [-0.1, -0.05) is 19.1 Å². The lowest BCUT2D eigenvalue weighted by molar-refractivity contribution is -0.144. The van der Waals surface area contributed by atoms with Gasteiger partial charge < -0.3 is 10.4 Å². The quantitative estimate of drug-likeness (QED) is 0.837. The smallest absolute Gasteiger partial charge is 0.320 e. The summed E-state index contributed by atoms with van der Waals surface area (Å²) in [5.74, 6) is -0.830. The first-order chi connectivity index (χ1) is 10.5. The van der Waals surface area contributed by atoms with Gasteiger partial charge in [-0.15, -0.1) is 0 Å². The zero-order chi connectivity index (χ0) is 16.1. The maximum atomic E-state index is 12.3. The molecule has 1 aromatic rings. The Balaban J connectivity index is 1.90. The van der Waals surface area contributed by atoms with E-state index >= 15 is 0 Å². The van der Waals surface area contributed by atoms with Gasteiger partial charge in [0.1, 0.15) is 6.04 Å². The summed E-state index contributed by atoms with van der Waals surface area (Å²) < 4.78 is 0.859. The van der Waals surface area contributed by atoms with E-state index in [-0.39, 0.29) is 11.8 Å². The molecular formula is C16H21BrN2O3. The fourth-order valence-corrected chi connectivity index (χ4v) is 3.24. The number of amides is 1. The van der Waals surface area contributed by atoms with Gasteiger partial charge in [-0.3, -0.25) is 14.5 Å². The van der Waals surface area contributed by atoms with E-state index in [2.05, 4.69) is 21.2 Å². The normalized spacial score (nSPS) is 17.9. The van der Waals surface area contributed by atoms with Crippen LogP contribution in [0.15, 0.2) is 28.7 Å². The third-order valence-electron chi connectivity index (χ3n) is 4.14. The molecule has 1 aromatic carbocycles. The minimum atomic E-state index is -0.779. The van der Waals surface area contributed by atoms with Crippen LogP contribution in [0, 0.1) is 5.92 Å². The van der Waals surface area contributed by atoms with E-state index in [0.29, 0.717) is 32.4 Å². The number of para-hydroxylation sites is 1. The zero-order valence-electron chi connectivity index (χ0n) is 12.6. The van der Waals surface area contributed by atoms with Crippen LogP contribution in [-0.2, 0) is 9.59 Å². The first-order valence-electron chi connectivity index (χ1n) is 7.55. The van der Waals surface area contributed by atoms with Crippen LogP contribution in [0.25, 0.3) is 0 Å². The van der Waals surface area contributed by atoms with Gasteiger partial charge in [-0.05, 0) is 60.4 Å². The number of piperidine rings is 1. The van der Waals surface area contributed by atoms with E-state index < -0.39 is 12.0 Å². The van der Waals surface area contributed by atoms with Gasteiger partial charge in [-0.2, -0.15) is 0 Å². The number of likely N-dealkylation sites (tertiary alicyclic amines) is 1. The van der Waals surface area contributed by atoms with Crippen molar-refractivity contribution in [3.63, 3.8) is 0 Å². The Bertz CT molecular complexity index is 542. The molecule has 2 rings (SSSR count). The summed E-state index contributed by atoms with van der Waals surface area (Å²) >= 11 is 3.41. The molecule has 6 heteroatoms. The monoisotopic (exact) mass is 368 g/mol. The number of hydrogen-bond donors (Lipinski definition) is 2. The number of carbonyl (C=O) groups is 2. The predicted molar refractivity (Wildman–Crippen MR) is 88.8 cm³/mol. The number of benzene rings is 1. The van der Waals surface area contributed by atoms with E-state index in [1.54, 1.807) is 0 Å². The van der Waals surface area contributed by atoms with Gasteiger partial charge in [0, 0.05) is 10.4 Å². The highest BCUT2D eigenvalue weighted by Crippen LogP contribution is 2.25. The fraction of sp³-hybridized carbons (Fsp3) is 0.500. The number of carboxylic acid groups (broad SMARTS) is 1. The number of anilines is 1. The van der Waals surface area contributed by atoms with Crippen LogP contribution < -0.4 is 5.32 Å². The molecule has 22 heavy (non-hydrogen) atoms. The Morgan fingerprint density at radius 3 is 2.55 bits per heavy atom. The highest BCUT2D eigenvalue weighted by molar-refractivity contribution is 9.10. The van der Waals surface area contributed by atoms with E-state index in [9.17, 15) is 14.7 Å². The highest BCUT2D eigenvalue weighted by atomic mass is 79.9. The van der Waals surface area contributed by atoms with Crippen molar-refractivity contribution in [3.8, 4) is 0 Å². The average Bonchev–Trinajstić information content (AvgIpc) is 2.50. The van der Waals surface area contributed by atoms with Gasteiger partial charge in [0.15, 0.2) is 0 Å². The molecule has 1 amide bonds. The molecule has 1 atom stereocenters. The summed E-state index contributed by atoms with van der Waals surface area (Å²) in [5, 5.41) is 12.1. The van der Waals surface area contributed by atoms with Crippen molar-refractivity contribution >= 4 is 33.5 Å². The molecule has 1 saturated heterocycles. The molecule has 1 unspecified atom stereocenters. The lowest BCUT2D eigenvalue weighted by atomic mass is 9.94. The van der Waals surface area contributed by atoms with Gasteiger partial charge in [0.2, 0.25) is 5.91 Å². The lowest BCUT2D eigenvalue weighted by Gasteiger charge is -2.34. The maximum absolute atomic E-state index is 12.3. The van der Waals surface area contributed by atoms with E-state index in [1.807, 2.05) is 36.1 Å². The van der Waals surface area contributed by atoms with Crippen molar-refractivity contribution < 1.29 is 14.7 Å². The number of carboxylic acids is 1. The molecule has 2 N–H and O–H groups in total. The molecule has 1 fully saturated rings. The molecular weight excluding hydrogens is 348 g/mol. The summed E-state index contributed by atoms with van der Waals surface area (Å²) in [5.41, 5.74) is 0.770. The second-order valence-corrected chi connectivity index (χ2v) is 6.40. The highest BCUT2D eigenvalue weighted by Gasteiger charge is 2.31. The Morgan fingerprint density at radius 2 is 2.00 bits per heavy atom. The molecule has 5 nitrogen and oxygen atoms in total. The average molecular weight is 369 g/mol. The molecule has 0 aromatic heterocycles. The number of carbonyl (C=O) groups excluding carboxylic acids is 1. The maximum Gasteiger partial charge on any atom is 0.320 e. The van der Waals surface area contributed by atoms with E-state index in [1.165, 1.54) is 0 Å². The van der Waals surface area contributed by atoms with Crippen LogP contribution in [0.4, 0.5) is 5.69 Å². The van der Waals surface area contributed by atoms with E-state index in [4.69, 9.17) is 0 Å². The predicted octanol–water partition coefficient (Wildman–Crippen LogP) is 2.96. The van der Waals surface area contributed by atoms with Crippen molar-refractivity contribution in [2.45, 2.75) is 32.2 Å². The molecule has 120 valence electrons.